The summed E-state index contributed by atoms with van der Waals surface area (Å²) >= 11 is 0. The average molecular weight is 219 g/mol. The van der Waals surface area contributed by atoms with E-state index in [0.29, 0.717) is 6.16 Å². The monoisotopic (exact) mass is 219 g/mol. The van der Waals surface area contributed by atoms with Crippen LogP contribution in [0.5, 0.6) is 0 Å². The van der Waals surface area contributed by atoms with Crippen LogP contribution in [0.15, 0.2) is 0 Å². The van der Waals surface area contributed by atoms with Gasteiger partial charge in [0.25, 0.3) is 0 Å². The van der Waals surface area contributed by atoms with Crippen molar-refractivity contribution in [1.29, 1.82) is 0 Å². The summed E-state index contributed by atoms with van der Waals surface area (Å²) in [5.41, 5.74) is 5.74. The van der Waals surface area contributed by atoms with Gasteiger partial charge in [-0.2, -0.15) is 0 Å². The van der Waals surface area contributed by atoms with Crippen LogP contribution in [0.3, 0.4) is 0 Å². The molecule has 0 aromatic carbocycles. The number of nitrogens with two attached hydrogens (primary N) is 1. The Morgan fingerprint density at radius 1 is 1.43 bits per heavy atom. The van der Waals surface area contributed by atoms with E-state index in [1.807, 2.05) is 0 Å². The van der Waals surface area contributed by atoms with E-state index in [2.05, 4.69) is 6.92 Å². The first-order valence-electron chi connectivity index (χ1n) is 5.63. The lowest BCUT2D eigenvalue weighted by Crippen LogP contribution is -2.16. The summed E-state index contributed by atoms with van der Waals surface area (Å²) in [6.07, 6.45) is 6.06. The SMILES string of the molecule is CCCCCP(=O)(O)[C@@H]1CC[C@H](N)C1. The predicted molar refractivity (Wildman–Crippen MR) is 59.8 cm³/mol. The van der Waals surface area contributed by atoms with Crippen molar-refractivity contribution in [3.8, 4) is 0 Å². The van der Waals surface area contributed by atoms with Gasteiger partial charge in [0.1, 0.15) is 0 Å². The maximum absolute atomic E-state index is 11.9. The highest BCUT2D eigenvalue weighted by Crippen LogP contribution is 2.53. The molecule has 1 rings (SSSR count). The smallest absolute Gasteiger partial charge is 0.203 e. The van der Waals surface area contributed by atoms with Gasteiger partial charge in [-0.25, -0.2) is 0 Å². The lowest BCUT2D eigenvalue weighted by Gasteiger charge is -2.18. The van der Waals surface area contributed by atoms with Gasteiger partial charge in [0.2, 0.25) is 7.37 Å². The van der Waals surface area contributed by atoms with Gasteiger partial charge in [0.05, 0.1) is 0 Å². The zero-order valence-electron chi connectivity index (χ0n) is 8.98. The third-order valence-corrected chi connectivity index (χ3v) is 5.67. The zero-order chi connectivity index (χ0) is 10.6. The molecule has 0 aliphatic heterocycles. The summed E-state index contributed by atoms with van der Waals surface area (Å²) in [6.45, 7) is 2.10. The van der Waals surface area contributed by atoms with Crippen molar-refractivity contribution < 1.29 is 9.46 Å². The lowest BCUT2D eigenvalue weighted by molar-refractivity contribution is 0.458. The lowest BCUT2D eigenvalue weighted by atomic mass is 10.3. The zero-order valence-corrected chi connectivity index (χ0v) is 9.88. The molecule has 1 saturated carbocycles. The first-order chi connectivity index (χ1) is 6.56. The number of unbranched alkanes of at least 4 members (excludes halogenated alkanes) is 2. The normalized spacial score (nSPS) is 31.6. The van der Waals surface area contributed by atoms with E-state index in [9.17, 15) is 9.46 Å². The fourth-order valence-electron chi connectivity index (χ4n) is 2.13. The Balaban J connectivity index is 2.36. The molecule has 14 heavy (non-hydrogen) atoms. The van der Waals surface area contributed by atoms with Gasteiger partial charge in [-0.1, -0.05) is 19.8 Å². The molecule has 3 nitrogen and oxygen atoms in total. The van der Waals surface area contributed by atoms with E-state index in [1.54, 1.807) is 0 Å². The molecule has 0 aromatic rings. The molecule has 0 amide bonds. The highest BCUT2D eigenvalue weighted by Gasteiger charge is 2.35. The molecular weight excluding hydrogens is 197 g/mol. The maximum Gasteiger partial charge on any atom is 0.203 e. The van der Waals surface area contributed by atoms with Crippen molar-refractivity contribution in [2.45, 2.75) is 57.1 Å². The second-order valence-corrected chi connectivity index (χ2v) is 7.10. The van der Waals surface area contributed by atoms with Gasteiger partial charge < -0.3 is 10.6 Å². The highest BCUT2D eigenvalue weighted by atomic mass is 31.2. The minimum Gasteiger partial charge on any atom is -0.344 e. The second kappa shape index (κ2) is 5.29. The molecule has 84 valence electrons. The van der Waals surface area contributed by atoms with E-state index in [0.717, 1.165) is 38.5 Å². The molecule has 4 heteroatoms. The summed E-state index contributed by atoms with van der Waals surface area (Å²) in [7, 11) is -2.89. The number of rotatable bonds is 5. The minimum absolute atomic E-state index is 0.00523. The molecular formula is C10H22NO2P. The molecule has 0 spiro atoms. The largest absolute Gasteiger partial charge is 0.344 e. The third-order valence-electron chi connectivity index (χ3n) is 3.10. The van der Waals surface area contributed by atoms with Crippen LogP contribution in [0.2, 0.25) is 0 Å². The van der Waals surface area contributed by atoms with E-state index in [1.165, 1.54) is 0 Å². The van der Waals surface area contributed by atoms with E-state index >= 15 is 0 Å². The van der Waals surface area contributed by atoms with Crippen LogP contribution in [0.1, 0.15) is 45.4 Å². The van der Waals surface area contributed by atoms with Crippen molar-refractivity contribution in [3.63, 3.8) is 0 Å². The van der Waals surface area contributed by atoms with Crippen LogP contribution in [0, 0.1) is 0 Å². The van der Waals surface area contributed by atoms with Gasteiger partial charge >= 0.3 is 0 Å². The van der Waals surface area contributed by atoms with Crippen molar-refractivity contribution in [2.75, 3.05) is 6.16 Å². The van der Waals surface area contributed by atoms with Crippen molar-refractivity contribution >= 4 is 7.37 Å². The molecule has 1 aliphatic rings. The first kappa shape index (κ1) is 12.2. The van der Waals surface area contributed by atoms with E-state index in [-0.39, 0.29) is 11.7 Å². The van der Waals surface area contributed by atoms with Gasteiger partial charge in [0, 0.05) is 17.9 Å². The Bertz CT molecular complexity index is 220. The molecule has 0 bridgehead atoms. The summed E-state index contributed by atoms with van der Waals surface area (Å²) in [5.74, 6) is 0. The Kier molecular flexibility index (Phi) is 4.62. The molecule has 0 aromatic heterocycles. The molecule has 3 atom stereocenters. The number of hydrogen-bond donors (Lipinski definition) is 2. The van der Waals surface area contributed by atoms with Crippen LogP contribution >= 0.6 is 7.37 Å². The van der Waals surface area contributed by atoms with E-state index in [4.69, 9.17) is 5.73 Å². The van der Waals surface area contributed by atoms with Gasteiger partial charge in [-0.15, -0.1) is 0 Å². The highest BCUT2D eigenvalue weighted by molar-refractivity contribution is 7.58. The van der Waals surface area contributed by atoms with Gasteiger partial charge in [0.15, 0.2) is 0 Å². The molecule has 1 unspecified atom stereocenters. The molecule has 1 fully saturated rings. The summed E-state index contributed by atoms with van der Waals surface area (Å²) in [5, 5.41) is 0. The predicted octanol–water partition coefficient (Wildman–Crippen LogP) is 2.33. The Labute approximate surface area is 86.5 Å². The molecule has 1 aliphatic carbocycles. The quantitative estimate of drug-likeness (QED) is 0.551. The molecule has 3 N–H and O–H groups in total. The standard InChI is InChI=1S/C10H22NO2P/c1-2-3-4-7-14(12,13)10-6-5-9(11)8-10/h9-10H,2-8,11H2,1H3,(H,12,13)/t9-,10+/m0/s1. The molecule has 0 heterocycles. The first-order valence-corrected chi connectivity index (χ1v) is 7.54. The summed E-state index contributed by atoms with van der Waals surface area (Å²) in [6, 6.07) is 0.159. The maximum atomic E-state index is 11.9. The topological polar surface area (TPSA) is 63.3 Å². The number of hydrogen-bond acceptors (Lipinski definition) is 2. The molecule has 0 saturated heterocycles. The Hall–Kier alpha value is 0.150. The van der Waals surface area contributed by atoms with Crippen molar-refractivity contribution in [2.24, 2.45) is 5.73 Å². The van der Waals surface area contributed by atoms with Crippen LogP contribution in [-0.2, 0) is 4.57 Å². The van der Waals surface area contributed by atoms with Gasteiger partial charge in [-0.3, -0.25) is 4.57 Å². The fraction of sp³-hybridized carbons (Fsp3) is 1.00. The fourth-order valence-corrected chi connectivity index (χ4v) is 4.32. The summed E-state index contributed by atoms with van der Waals surface area (Å²) in [4.78, 5) is 9.86. The van der Waals surface area contributed by atoms with Crippen LogP contribution in [0.4, 0.5) is 0 Å². The molecule has 0 radical (unpaired) electrons. The van der Waals surface area contributed by atoms with Crippen LogP contribution < -0.4 is 5.73 Å². The van der Waals surface area contributed by atoms with Crippen LogP contribution in [0.25, 0.3) is 0 Å². The second-order valence-electron chi connectivity index (χ2n) is 4.41. The average Bonchev–Trinajstić information content (AvgIpc) is 2.53. The third kappa shape index (κ3) is 3.38. The minimum atomic E-state index is -2.89. The Morgan fingerprint density at radius 2 is 2.14 bits per heavy atom. The summed E-state index contributed by atoms with van der Waals surface area (Å²) < 4.78 is 11.9. The van der Waals surface area contributed by atoms with Crippen LogP contribution in [-0.4, -0.2) is 22.8 Å². The van der Waals surface area contributed by atoms with Gasteiger partial charge in [-0.05, 0) is 25.7 Å². The van der Waals surface area contributed by atoms with Crippen molar-refractivity contribution in [1.82, 2.24) is 0 Å². The Morgan fingerprint density at radius 3 is 2.64 bits per heavy atom. The van der Waals surface area contributed by atoms with E-state index < -0.39 is 7.37 Å². The van der Waals surface area contributed by atoms with Crippen molar-refractivity contribution in [3.05, 3.63) is 0 Å².